The fourth-order valence-corrected chi connectivity index (χ4v) is 2.17. The first-order chi connectivity index (χ1) is 8.04. The molecule has 0 fully saturated rings. The third-order valence-electron chi connectivity index (χ3n) is 3.11. The summed E-state index contributed by atoms with van der Waals surface area (Å²) in [6.45, 7) is 8.49. The van der Waals surface area contributed by atoms with Gasteiger partial charge in [0.15, 0.2) is 0 Å². The Balaban J connectivity index is 2.66. The van der Waals surface area contributed by atoms with E-state index in [1.807, 2.05) is 20.0 Å². The van der Waals surface area contributed by atoms with E-state index in [2.05, 4.69) is 48.2 Å². The summed E-state index contributed by atoms with van der Waals surface area (Å²) >= 11 is 0. The second-order valence-electron chi connectivity index (χ2n) is 5.05. The van der Waals surface area contributed by atoms with Crippen LogP contribution >= 0.6 is 0 Å². The second-order valence-corrected chi connectivity index (χ2v) is 5.05. The van der Waals surface area contributed by atoms with Crippen LogP contribution in [0.25, 0.3) is 0 Å². The average molecular weight is 235 g/mol. The van der Waals surface area contributed by atoms with Crippen LogP contribution < -0.4 is 5.32 Å². The van der Waals surface area contributed by atoms with E-state index in [1.165, 1.54) is 0 Å². The van der Waals surface area contributed by atoms with Gasteiger partial charge in [-0.05, 0) is 39.1 Å². The largest absolute Gasteiger partial charge is 0.318 e. The van der Waals surface area contributed by atoms with E-state index >= 15 is 0 Å². The van der Waals surface area contributed by atoms with Gasteiger partial charge in [0, 0.05) is 24.8 Å². The van der Waals surface area contributed by atoms with Crippen molar-refractivity contribution >= 4 is 0 Å². The second kappa shape index (κ2) is 6.72. The third-order valence-corrected chi connectivity index (χ3v) is 3.11. The predicted octanol–water partition coefficient (Wildman–Crippen LogP) is 2.07. The maximum absolute atomic E-state index is 4.55. The number of rotatable bonds is 6. The molecule has 1 atom stereocenters. The highest BCUT2D eigenvalue weighted by Gasteiger charge is 2.18. The molecule has 1 aromatic heterocycles. The first kappa shape index (κ1) is 14.1. The Morgan fingerprint density at radius 3 is 2.59 bits per heavy atom. The smallest absolute Gasteiger partial charge is 0.0547 e. The molecule has 0 bridgehead atoms. The van der Waals surface area contributed by atoms with Gasteiger partial charge in [-0.3, -0.25) is 9.88 Å². The van der Waals surface area contributed by atoms with E-state index in [0.29, 0.717) is 12.0 Å². The fourth-order valence-electron chi connectivity index (χ4n) is 2.17. The SMILES string of the molecule is CNCC(C(C)C)N(C)Cc1cccc(C)n1. The molecule has 96 valence electrons. The molecule has 0 aliphatic carbocycles. The Bertz CT molecular complexity index is 336. The molecule has 0 aliphatic rings. The van der Waals surface area contributed by atoms with Gasteiger partial charge in [0.25, 0.3) is 0 Å². The fraction of sp³-hybridized carbons (Fsp3) is 0.643. The van der Waals surface area contributed by atoms with Crippen LogP contribution in [0.1, 0.15) is 25.2 Å². The first-order valence-corrected chi connectivity index (χ1v) is 6.32. The lowest BCUT2D eigenvalue weighted by Gasteiger charge is -2.30. The number of nitrogens with zero attached hydrogens (tertiary/aromatic N) is 2. The van der Waals surface area contributed by atoms with Crippen molar-refractivity contribution in [3.8, 4) is 0 Å². The standard InChI is InChI=1S/C14H25N3/c1-11(2)14(9-15-4)17(5)10-13-8-6-7-12(3)16-13/h6-8,11,14-15H,9-10H2,1-5H3. The summed E-state index contributed by atoms with van der Waals surface area (Å²) in [7, 11) is 4.18. The van der Waals surface area contributed by atoms with E-state index in [9.17, 15) is 0 Å². The molecular weight excluding hydrogens is 210 g/mol. The number of pyridine rings is 1. The topological polar surface area (TPSA) is 28.2 Å². The summed E-state index contributed by atoms with van der Waals surface area (Å²) in [5, 5.41) is 3.27. The Hall–Kier alpha value is -0.930. The number of likely N-dealkylation sites (N-methyl/N-ethyl adjacent to an activating group) is 2. The van der Waals surface area contributed by atoms with Crippen LogP contribution in [0, 0.1) is 12.8 Å². The van der Waals surface area contributed by atoms with Crippen molar-refractivity contribution < 1.29 is 0 Å². The molecule has 1 unspecified atom stereocenters. The third kappa shape index (κ3) is 4.44. The number of hydrogen-bond acceptors (Lipinski definition) is 3. The van der Waals surface area contributed by atoms with Crippen LogP contribution in [-0.2, 0) is 6.54 Å². The molecule has 1 N–H and O–H groups in total. The van der Waals surface area contributed by atoms with Crippen molar-refractivity contribution in [2.24, 2.45) is 5.92 Å². The van der Waals surface area contributed by atoms with Crippen molar-refractivity contribution in [2.45, 2.75) is 33.4 Å². The van der Waals surface area contributed by atoms with Crippen LogP contribution in [0.3, 0.4) is 0 Å². The van der Waals surface area contributed by atoms with E-state index in [-0.39, 0.29) is 0 Å². The minimum atomic E-state index is 0.544. The molecule has 17 heavy (non-hydrogen) atoms. The van der Waals surface area contributed by atoms with Crippen molar-refractivity contribution in [3.63, 3.8) is 0 Å². The summed E-state index contributed by atoms with van der Waals surface area (Å²) in [6, 6.07) is 6.76. The van der Waals surface area contributed by atoms with Crippen molar-refractivity contribution in [1.29, 1.82) is 0 Å². The zero-order chi connectivity index (χ0) is 12.8. The molecule has 0 aromatic carbocycles. The molecule has 1 aromatic rings. The average Bonchev–Trinajstić information content (AvgIpc) is 2.25. The van der Waals surface area contributed by atoms with Crippen LogP contribution in [0.5, 0.6) is 0 Å². The normalized spacial score (nSPS) is 13.4. The van der Waals surface area contributed by atoms with Gasteiger partial charge in [0.1, 0.15) is 0 Å². The molecule has 0 saturated heterocycles. The van der Waals surface area contributed by atoms with Crippen LogP contribution in [0.15, 0.2) is 18.2 Å². The van der Waals surface area contributed by atoms with Gasteiger partial charge in [-0.1, -0.05) is 19.9 Å². The lowest BCUT2D eigenvalue weighted by Crippen LogP contribution is -2.42. The summed E-state index contributed by atoms with van der Waals surface area (Å²) in [6.07, 6.45) is 0. The predicted molar refractivity (Wildman–Crippen MR) is 73.0 cm³/mol. The van der Waals surface area contributed by atoms with Crippen molar-refractivity contribution in [3.05, 3.63) is 29.6 Å². The molecule has 3 nitrogen and oxygen atoms in total. The van der Waals surface area contributed by atoms with Gasteiger partial charge in [-0.25, -0.2) is 0 Å². The van der Waals surface area contributed by atoms with Crippen molar-refractivity contribution in [1.82, 2.24) is 15.2 Å². The highest BCUT2D eigenvalue weighted by Crippen LogP contribution is 2.11. The van der Waals surface area contributed by atoms with Crippen LogP contribution in [0.4, 0.5) is 0 Å². The Morgan fingerprint density at radius 1 is 1.35 bits per heavy atom. The van der Waals surface area contributed by atoms with Crippen LogP contribution in [0.2, 0.25) is 0 Å². The number of hydrogen-bond donors (Lipinski definition) is 1. The Kier molecular flexibility index (Phi) is 5.59. The molecule has 0 amide bonds. The summed E-state index contributed by atoms with van der Waals surface area (Å²) < 4.78 is 0. The molecule has 1 heterocycles. The van der Waals surface area contributed by atoms with E-state index in [1.54, 1.807) is 0 Å². The monoisotopic (exact) mass is 235 g/mol. The highest BCUT2D eigenvalue weighted by atomic mass is 15.2. The Labute approximate surface area is 105 Å². The molecule has 3 heteroatoms. The molecule has 0 radical (unpaired) electrons. The minimum Gasteiger partial charge on any atom is -0.318 e. The van der Waals surface area contributed by atoms with Gasteiger partial charge >= 0.3 is 0 Å². The first-order valence-electron chi connectivity index (χ1n) is 6.32. The molecule has 0 saturated carbocycles. The Morgan fingerprint density at radius 2 is 2.06 bits per heavy atom. The lowest BCUT2D eigenvalue weighted by molar-refractivity contribution is 0.180. The zero-order valence-electron chi connectivity index (χ0n) is 11.7. The van der Waals surface area contributed by atoms with Gasteiger partial charge in [0.2, 0.25) is 0 Å². The van der Waals surface area contributed by atoms with E-state index < -0.39 is 0 Å². The summed E-state index contributed by atoms with van der Waals surface area (Å²) in [5.74, 6) is 0.636. The lowest BCUT2D eigenvalue weighted by atomic mass is 10.0. The molecule has 0 aliphatic heterocycles. The minimum absolute atomic E-state index is 0.544. The summed E-state index contributed by atoms with van der Waals surface area (Å²) in [4.78, 5) is 6.93. The molecular formula is C14H25N3. The van der Waals surface area contributed by atoms with Gasteiger partial charge in [-0.15, -0.1) is 0 Å². The molecule has 1 rings (SSSR count). The quantitative estimate of drug-likeness (QED) is 0.818. The van der Waals surface area contributed by atoms with Gasteiger partial charge in [-0.2, -0.15) is 0 Å². The summed E-state index contributed by atoms with van der Waals surface area (Å²) in [5.41, 5.74) is 2.24. The molecule has 0 spiro atoms. The number of aryl methyl sites for hydroxylation is 1. The zero-order valence-corrected chi connectivity index (χ0v) is 11.7. The van der Waals surface area contributed by atoms with E-state index in [0.717, 1.165) is 24.5 Å². The number of aromatic nitrogens is 1. The van der Waals surface area contributed by atoms with E-state index in [4.69, 9.17) is 0 Å². The number of nitrogens with one attached hydrogen (secondary N) is 1. The maximum Gasteiger partial charge on any atom is 0.0547 e. The van der Waals surface area contributed by atoms with Crippen molar-refractivity contribution in [2.75, 3.05) is 20.6 Å². The van der Waals surface area contributed by atoms with Gasteiger partial charge < -0.3 is 5.32 Å². The highest BCUT2D eigenvalue weighted by molar-refractivity contribution is 5.09. The van der Waals surface area contributed by atoms with Gasteiger partial charge in [0.05, 0.1) is 5.69 Å². The van der Waals surface area contributed by atoms with Crippen LogP contribution in [-0.4, -0.2) is 36.6 Å². The maximum atomic E-state index is 4.55.